The standard InChI is InChI=1S/C48H30O/c1-3-12-31(13-4-1)35-26-27-45-44(30-35)43-21-11-20-38(48(43)49-45)36-24-22-34-29-37(25-23-33(34)28-36)47-41-18-9-7-16-39(41)46(32-14-5-2-6-15-32)40-17-8-10-19-42(40)47/h1-30H/i2D,5D,6D,7D,8D,9D,10D,14D,15D,16D,17D,18D,19D,22D,23D,24D,25D,28D,29D. The van der Waals surface area contributed by atoms with Gasteiger partial charge in [0.2, 0.25) is 0 Å². The highest BCUT2D eigenvalue weighted by molar-refractivity contribution is 6.21. The van der Waals surface area contributed by atoms with E-state index in [0.717, 1.165) is 16.5 Å². The first-order chi connectivity index (χ1) is 32.2. The largest absolute Gasteiger partial charge is 0.455 e. The molecule has 0 N–H and O–H groups in total. The van der Waals surface area contributed by atoms with Gasteiger partial charge < -0.3 is 4.42 Å². The van der Waals surface area contributed by atoms with Gasteiger partial charge in [0, 0.05) is 16.3 Å². The molecular formula is C48H30O. The summed E-state index contributed by atoms with van der Waals surface area (Å²) in [7, 11) is 0. The number of fused-ring (bicyclic) bond motifs is 6. The highest BCUT2D eigenvalue weighted by Crippen LogP contribution is 2.44. The molecule has 0 fully saturated rings. The third kappa shape index (κ3) is 4.47. The summed E-state index contributed by atoms with van der Waals surface area (Å²) in [6, 6.07) is 5.16. The van der Waals surface area contributed by atoms with Crippen LogP contribution in [0.25, 0.3) is 98.8 Å². The van der Waals surface area contributed by atoms with Gasteiger partial charge in [-0.15, -0.1) is 0 Å². The van der Waals surface area contributed by atoms with Crippen LogP contribution in [0.15, 0.2) is 186 Å². The summed E-state index contributed by atoms with van der Waals surface area (Å²) in [5, 5.41) is -1.84. The normalized spacial score (nSPS) is 17.1. The van der Waals surface area contributed by atoms with Crippen molar-refractivity contribution in [3.8, 4) is 44.5 Å². The average molecular weight is 642 g/mol. The molecule has 0 amide bonds. The molecule has 0 spiro atoms. The van der Waals surface area contributed by atoms with Crippen molar-refractivity contribution in [2.45, 2.75) is 0 Å². The van der Waals surface area contributed by atoms with Crippen LogP contribution in [0, 0.1) is 0 Å². The van der Waals surface area contributed by atoms with Crippen molar-refractivity contribution in [3.05, 3.63) is 182 Å². The van der Waals surface area contributed by atoms with Crippen molar-refractivity contribution in [1.82, 2.24) is 0 Å². The summed E-state index contributed by atoms with van der Waals surface area (Å²) in [6.07, 6.45) is 0. The maximum absolute atomic E-state index is 9.75. The van der Waals surface area contributed by atoms with E-state index >= 15 is 0 Å². The van der Waals surface area contributed by atoms with Crippen LogP contribution in [0.5, 0.6) is 0 Å². The Labute approximate surface area is 311 Å². The van der Waals surface area contributed by atoms with E-state index < -0.39 is 169 Å². The fourth-order valence-electron chi connectivity index (χ4n) is 6.44. The molecule has 0 unspecified atom stereocenters. The predicted octanol–water partition coefficient (Wildman–Crippen LogP) is 13.7. The van der Waals surface area contributed by atoms with Gasteiger partial charge in [-0.05, 0) is 95.5 Å². The van der Waals surface area contributed by atoms with Gasteiger partial charge in [-0.3, -0.25) is 0 Å². The maximum Gasteiger partial charge on any atom is 0.143 e. The monoisotopic (exact) mass is 641 g/mol. The lowest BCUT2D eigenvalue weighted by atomic mass is 9.85. The minimum absolute atomic E-state index is 0.141. The summed E-state index contributed by atoms with van der Waals surface area (Å²) in [6.45, 7) is 0. The minimum atomic E-state index is -0.871. The summed E-state index contributed by atoms with van der Waals surface area (Å²) < 4.78 is 179. The van der Waals surface area contributed by atoms with Gasteiger partial charge in [-0.2, -0.15) is 0 Å². The van der Waals surface area contributed by atoms with Crippen LogP contribution in [-0.2, 0) is 0 Å². The van der Waals surface area contributed by atoms with Gasteiger partial charge in [0.1, 0.15) is 11.2 Å². The van der Waals surface area contributed by atoms with Gasteiger partial charge in [0.05, 0.1) is 26.0 Å². The minimum Gasteiger partial charge on any atom is -0.455 e. The fraction of sp³-hybridized carbons (Fsp3) is 0. The quantitative estimate of drug-likeness (QED) is 0.174. The molecule has 0 aliphatic rings. The number of hydrogen-bond donors (Lipinski definition) is 0. The molecule has 1 heterocycles. The van der Waals surface area contributed by atoms with Crippen LogP contribution in [0.4, 0.5) is 0 Å². The van der Waals surface area contributed by atoms with Crippen molar-refractivity contribution in [1.29, 1.82) is 0 Å². The van der Waals surface area contributed by atoms with Crippen LogP contribution < -0.4 is 0 Å². The smallest absolute Gasteiger partial charge is 0.143 e. The molecule has 0 saturated carbocycles. The van der Waals surface area contributed by atoms with Crippen LogP contribution in [0.3, 0.4) is 0 Å². The zero-order chi connectivity index (χ0) is 48.8. The van der Waals surface area contributed by atoms with E-state index in [9.17, 15) is 13.7 Å². The molecule has 0 aliphatic carbocycles. The zero-order valence-electron chi connectivity index (χ0n) is 44.3. The summed E-state index contributed by atoms with van der Waals surface area (Å²) in [5.74, 6) is 0. The second kappa shape index (κ2) is 11.1. The molecule has 0 atom stereocenters. The first kappa shape index (κ1) is 14.8. The first-order valence-electron chi connectivity index (χ1n) is 24.8. The first-order valence-corrected chi connectivity index (χ1v) is 15.3. The molecule has 49 heavy (non-hydrogen) atoms. The van der Waals surface area contributed by atoms with E-state index in [2.05, 4.69) is 0 Å². The second-order valence-electron chi connectivity index (χ2n) is 11.4. The van der Waals surface area contributed by atoms with E-state index in [1.807, 2.05) is 48.5 Å². The maximum atomic E-state index is 9.75. The third-order valence-electron chi connectivity index (χ3n) is 8.62. The number of para-hydroxylation sites is 1. The Morgan fingerprint density at radius 1 is 0.388 bits per heavy atom. The van der Waals surface area contributed by atoms with Gasteiger partial charge in [0.15, 0.2) is 0 Å². The Kier molecular flexibility index (Phi) is 3.34. The van der Waals surface area contributed by atoms with Gasteiger partial charge in [-0.1, -0.05) is 157 Å². The average Bonchev–Trinajstić information content (AvgIpc) is 3.71. The highest BCUT2D eigenvalue weighted by Gasteiger charge is 2.17. The molecule has 10 aromatic rings. The van der Waals surface area contributed by atoms with E-state index in [1.165, 1.54) is 0 Å². The fourth-order valence-corrected chi connectivity index (χ4v) is 6.44. The molecule has 228 valence electrons. The van der Waals surface area contributed by atoms with Gasteiger partial charge in [0.25, 0.3) is 0 Å². The number of rotatable bonds is 4. The van der Waals surface area contributed by atoms with Crippen LogP contribution in [0.2, 0.25) is 0 Å². The van der Waals surface area contributed by atoms with Crippen LogP contribution >= 0.6 is 0 Å². The Balaban J connectivity index is 1.36. The lowest BCUT2D eigenvalue weighted by molar-refractivity contribution is 0.670. The molecule has 0 aliphatic heterocycles. The van der Waals surface area contributed by atoms with E-state index in [0.29, 0.717) is 11.0 Å². The third-order valence-corrected chi connectivity index (χ3v) is 8.62. The highest BCUT2D eigenvalue weighted by atomic mass is 16.3. The summed E-state index contributed by atoms with van der Waals surface area (Å²) in [5.41, 5.74) is 0.282. The van der Waals surface area contributed by atoms with E-state index in [1.54, 1.807) is 18.2 Å². The molecular weight excluding hydrogens is 593 g/mol. The lowest BCUT2D eigenvalue weighted by Crippen LogP contribution is -1.90. The van der Waals surface area contributed by atoms with Gasteiger partial charge >= 0.3 is 0 Å². The molecule has 0 radical (unpaired) electrons. The Bertz CT molecular complexity index is 3850. The molecule has 0 bridgehead atoms. The lowest BCUT2D eigenvalue weighted by Gasteiger charge is -2.18. The topological polar surface area (TPSA) is 13.1 Å². The molecule has 9 aromatic carbocycles. The summed E-state index contributed by atoms with van der Waals surface area (Å²) >= 11 is 0. The van der Waals surface area contributed by atoms with Crippen molar-refractivity contribution >= 4 is 54.3 Å². The van der Waals surface area contributed by atoms with Crippen molar-refractivity contribution in [2.24, 2.45) is 0 Å². The molecule has 0 saturated heterocycles. The molecule has 1 nitrogen and oxygen atoms in total. The van der Waals surface area contributed by atoms with E-state index in [-0.39, 0.29) is 16.7 Å². The summed E-state index contributed by atoms with van der Waals surface area (Å²) in [4.78, 5) is 0. The van der Waals surface area contributed by atoms with Crippen molar-refractivity contribution in [3.63, 3.8) is 0 Å². The van der Waals surface area contributed by atoms with Crippen LogP contribution in [0.1, 0.15) is 26.0 Å². The molecule has 10 rings (SSSR count). The molecule has 1 aromatic heterocycles. The predicted molar refractivity (Wildman–Crippen MR) is 208 cm³/mol. The number of benzene rings is 9. The Morgan fingerprint density at radius 3 is 1.69 bits per heavy atom. The van der Waals surface area contributed by atoms with Crippen molar-refractivity contribution < 1.29 is 30.5 Å². The second-order valence-corrected chi connectivity index (χ2v) is 11.4. The van der Waals surface area contributed by atoms with Crippen LogP contribution in [-0.4, -0.2) is 0 Å². The Hall–Kier alpha value is -6.44. The van der Waals surface area contributed by atoms with E-state index in [4.69, 9.17) is 16.8 Å². The van der Waals surface area contributed by atoms with Gasteiger partial charge in [-0.25, -0.2) is 0 Å². The number of furan rings is 1. The SMILES string of the molecule is [2H]c1c([2H])c([2H])c(-c2c3c([2H])c([2H])c([2H])c([2H])c3c(-c3c([2H])c([2H])c4c([2H])c(-c5cccc6c5oc5ccc(-c7ccccc7)cc56)c([2H])c([2H])c4c3[2H])c3c([2H])c([2H])c([2H])c([2H])c23)c([2H])c1[2H]. The molecule has 1 heteroatoms. The number of hydrogen-bond acceptors (Lipinski definition) is 1. The van der Waals surface area contributed by atoms with Crippen molar-refractivity contribution in [2.75, 3.05) is 0 Å². The zero-order valence-corrected chi connectivity index (χ0v) is 25.3. The Morgan fingerprint density at radius 2 is 1.00 bits per heavy atom.